The van der Waals surface area contributed by atoms with Gasteiger partial charge in [0.2, 0.25) is 15.9 Å². The van der Waals surface area contributed by atoms with E-state index in [0.29, 0.717) is 29.5 Å². The van der Waals surface area contributed by atoms with Crippen LogP contribution in [0.1, 0.15) is 13.8 Å². The Hall–Kier alpha value is -2.94. The smallest absolute Gasteiger partial charge is 0.247 e. The molecule has 2 aromatic rings. The standard InChI is InChI=1S/C20H26N2O6S/c1-6-28-17-9-7-8-15(12-17)21-20(23)14(2)22(29(5,24)25)18-13-16(26-3)10-11-19(18)27-4/h7-14H,6H2,1-5H3,(H,21,23)/t14-/m0/s1. The third-order valence-corrected chi connectivity index (χ3v) is 5.35. The molecule has 8 nitrogen and oxygen atoms in total. The lowest BCUT2D eigenvalue weighted by molar-refractivity contribution is -0.116. The third-order valence-electron chi connectivity index (χ3n) is 4.12. The Labute approximate surface area is 171 Å². The highest BCUT2D eigenvalue weighted by Gasteiger charge is 2.31. The first-order valence-corrected chi connectivity index (χ1v) is 10.8. The molecule has 0 aliphatic carbocycles. The largest absolute Gasteiger partial charge is 0.497 e. The van der Waals surface area contributed by atoms with Crippen LogP contribution in [0.15, 0.2) is 42.5 Å². The van der Waals surface area contributed by atoms with Gasteiger partial charge in [0.1, 0.15) is 23.3 Å². The summed E-state index contributed by atoms with van der Waals surface area (Å²) in [5.74, 6) is 0.835. The second-order valence-electron chi connectivity index (χ2n) is 6.22. The Kier molecular flexibility index (Phi) is 7.33. The number of sulfonamides is 1. The Bertz CT molecular complexity index is 961. The van der Waals surface area contributed by atoms with Crippen molar-refractivity contribution >= 4 is 27.3 Å². The van der Waals surface area contributed by atoms with Crippen LogP contribution in [0.25, 0.3) is 0 Å². The van der Waals surface area contributed by atoms with Gasteiger partial charge < -0.3 is 19.5 Å². The van der Waals surface area contributed by atoms with E-state index in [4.69, 9.17) is 14.2 Å². The lowest BCUT2D eigenvalue weighted by Gasteiger charge is -2.29. The molecule has 0 spiro atoms. The zero-order valence-electron chi connectivity index (χ0n) is 17.1. The minimum absolute atomic E-state index is 0.208. The number of carbonyl (C=O) groups excluding carboxylic acids is 1. The number of carbonyl (C=O) groups is 1. The van der Waals surface area contributed by atoms with Crippen molar-refractivity contribution in [3.8, 4) is 17.2 Å². The number of benzene rings is 2. The van der Waals surface area contributed by atoms with E-state index in [0.717, 1.165) is 10.6 Å². The van der Waals surface area contributed by atoms with Crippen molar-refractivity contribution < 1.29 is 27.4 Å². The zero-order chi connectivity index (χ0) is 21.6. The summed E-state index contributed by atoms with van der Waals surface area (Å²) in [7, 11) is -0.920. The Morgan fingerprint density at radius 3 is 2.41 bits per heavy atom. The fraction of sp³-hybridized carbons (Fsp3) is 0.350. The summed E-state index contributed by atoms with van der Waals surface area (Å²) in [6.07, 6.45) is 1.03. The highest BCUT2D eigenvalue weighted by molar-refractivity contribution is 7.92. The van der Waals surface area contributed by atoms with Crippen molar-refractivity contribution in [2.24, 2.45) is 0 Å². The van der Waals surface area contributed by atoms with Crippen molar-refractivity contribution in [2.75, 3.05) is 36.7 Å². The first kappa shape index (κ1) is 22.4. The summed E-state index contributed by atoms with van der Waals surface area (Å²) in [5, 5.41) is 2.73. The molecule has 158 valence electrons. The maximum absolute atomic E-state index is 12.9. The molecule has 29 heavy (non-hydrogen) atoms. The highest BCUT2D eigenvalue weighted by Crippen LogP contribution is 2.35. The van der Waals surface area contributed by atoms with Crippen LogP contribution in [0.4, 0.5) is 11.4 Å². The van der Waals surface area contributed by atoms with Gasteiger partial charge in [-0.05, 0) is 38.1 Å². The molecule has 1 atom stereocenters. The predicted molar refractivity (Wildman–Crippen MR) is 113 cm³/mol. The number of hydrogen-bond donors (Lipinski definition) is 1. The van der Waals surface area contributed by atoms with E-state index in [2.05, 4.69) is 5.32 Å². The van der Waals surface area contributed by atoms with Crippen LogP contribution in [0.3, 0.4) is 0 Å². The minimum Gasteiger partial charge on any atom is -0.497 e. The van der Waals surface area contributed by atoms with E-state index in [-0.39, 0.29) is 5.69 Å². The first-order chi connectivity index (χ1) is 13.7. The van der Waals surface area contributed by atoms with Crippen LogP contribution in [0.5, 0.6) is 17.2 Å². The molecular formula is C20H26N2O6S. The van der Waals surface area contributed by atoms with Gasteiger partial charge in [0.05, 0.1) is 32.8 Å². The van der Waals surface area contributed by atoms with Gasteiger partial charge in [-0.25, -0.2) is 8.42 Å². The molecule has 0 aliphatic rings. The van der Waals surface area contributed by atoms with E-state index < -0.39 is 22.0 Å². The van der Waals surface area contributed by atoms with Crippen LogP contribution in [0, 0.1) is 0 Å². The number of ether oxygens (including phenoxy) is 3. The molecule has 0 aliphatic heterocycles. The van der Waals surface area contributed by atoms with E-state index in [1.54, 1.807) is 36.4 Å². The topological polar surface area (TPSA) is 94.2 Å². The molecule has 0 saturated heterocycles. The summed E-state index contributed by atoms with van der Waals surface area (Å²) < 4.78 is 42.1. The molecule has 9 heteroatoms. The van der Waals surface area contributed by atoms with Gasteiger partial charge in [-0.2, -0.15) is 0 Å². The van der Waals surface area contributed by atoms with E-state index >= 15 is 0 Å². The maximum Gasteiger partial charge on any atom is 0.247 e. The van der Waals surface area contributed by atoms with Gasteiger partial charge in [0.15, 0.2) is 0 Å². The quantitative estimate of drug-likeness (QED) is 0.668. The van der Waals surface area contributed by atoms with Crippen LogP contribution < -0.4 is 23.8 Å². The van der Waals surface area contributed by atoms with Crippen molar-refractivity contribution in [2.45, 2.75) is 19.9 Å². The van der Waals surface area contributed by atoms with Crippen LogP contribution in [-0.4, -0.2) is 47.4 Å². The van der Waals surface area contributed by atoms with Crippen LogP contribution >= 0.6 is 0 Å². The molecule has 0 unspecified atom stereocenters. The highest BCUT2D eigenvalue weighted by atomic mass is 32.2. The number of hydrogen-bond acceptors (Lipinski definition) is 6. The second kappa shape index (κ2) is 9.51. The molecule has 0 heterocycles. The summed E-state index contributed by atoms with van der Waals surface area (Å²) in [6, 6.07) is 10.6. The second-order valence-corrected chi connectivity index (χ2v) is 8.08. The van der Waals surface area contributed by atoms with Crippen LogP contribution in [0.2, 0.25) is 0 Å². The monoisotopic (exact) mass is 422 g/mol. The van der Waals surface area contributed by atoms with Gasteiger partial charge in [0, 0.05) is 17.8 Å². The zero-order valence-corrected chi connectivity index (χ0v) is 17.9. The molecule has 2 aromatic carbocycles. The van der Waals surface area contributed by atoms with Crippen molar-refractivity contribution in [1.82, 2.24) is 0 Å². The van der Waals surface area contributed by atoms with Gasteiger partial charge in [-0.3, -0.25) is 9.10 Å². The Balaban J connectivity index is 2.39. The molecule has 0 aromatic heterocycles. The fourth-order valence-corrected chi connectivity index (χ4v) is 4.00. The normalized spacial score (nSPS) is 12.0. The summed E-state index contributed by atoms with van der Waals surface area (Å²) in [4.78, 5) is 12.9. The molecule has 1 N–H and O–H groups in total. The fourth-order valence-electron chi connectivity index (χ4n) is 2.83. The number of anilines is 2. The minimum atomic E-state index is -3.82. The number of nitrogens with zero attached hydrogens (tertiary/aromatic N) is 1. The van der Waals surface area contributed by atoms with E-state index in [9.17, 15) is 13.2 Å². The number of nitrogens with one attached hydrogen (secondary N) is 1. The maximum atomic E-state index is 12.9. The molecule has 0 fully saturated rings. The first-order valence-electron chi connectivity index (χ1n) is 8.96. The molecule has 0 bridgehead atoms. The van der Waals surface area contributed by atoms with Gasteiger partial charge in [0.25, 0.3) is 0 Å². The summed E-state index contributed by atoms with van der Waals surface area (Å²) in [6.45, 7) is 3.85. The van der Waals surface area contributed by atoms with E-state index in [1.807, 2.05) is 6.92 Å². The molecule has 1 amide bonds. The summed E-state index contributed by atoms with van der Waals surface area (Å²) in [5.41, 5.74) is 0.707. The average molecular weight is 423 g/mol. The molecule has 0 radical (unpaired) electrons. The number of methoxy groups -OCH3 is 2. The van der Waals surface area contributed by atoms with Gasteiger partial charge in [-0.1, -0.05) is 6.07 Å². The van der Waals surface area contributed by atoms with Crippen molar-refractivity contribution in [3.05, 3.63) is 42.5 Å². The molecular weight excluding hydrogens is 396 g/mol. The predicted octanol–water partition coefficient (Wildman–Crippen LogP) is 2.90. The number of rotatable bonds is 9. The Morgan fingerprint density at radius 1 is 1.10 bits per heavy atom. The summed E-state index contributed by atoms with van der Waals surface area (Å²) >= 11 is 0. The van der Waals surface area contributed by atoms with Crippen LogP contribution in [-0.2, 0) is 14.8 Å². The lowest BCUT2D eigenvalue weighted by Crippen LogP contribution is -2.45. The SMILES string of the molecule is CCOc1cccc(NC(=O)[C@H](C)N(c2cc(OC)ccc2OC)S(C)(=O)=O)c1. The van der Waals surface area contributed by atoms with Crippen molar-refractivity contribution in [1.29, 1.82) is 0 Å². The lowest BCUT2D eigenvalue weighted by atomic mass is 10.2. The van der Waals surface area contributed by atoms with E-state index in [1.165, 1.54) is 27.2 Å². The molecule has 2 rings (SSSR count). The van der Waals surface area contributed by atoms with Gasteiger partial charge in [-0.15, -0.1) is 0 Å². The Morgan fingerprint density at radius 2 is 1.83 bits per heavy atom. The van der Waals surface area contributed by atoms with Gasteiger partial charge >= 0.3 is 0 Å². The van der Waals surface area contributed by atoms with Crippen molar-refractivity contribution in [3.63, 3.8) is 0 Å². The molecule has 0 saturated carbocycles. The number of amides is 1. The average Bonchev–Trinajstić information content (AvgIpc) is 2.67. The third kappa shape index (κ3) is 5.54.